The van der Waals surface area contributed by atoms with E-state index in [0.717, 1.165) is 35.5 Å². The molecule has 0 radical (unpaired) electrons. The van der Waals surface area contributed by atoms with Crippen LogP contribution in [0.25, 0.3) is 6.08 Å². The van der Waals surface area contributed by atoms with Crippen LogP contribution in [0.2, 0.25) is 0 Å². The number of aryl methyl sites for hydroxylation is 1. The molecule has 1 aliphatic rings. The number of carbonyl (C=O) groups is 2. The summed E-state index contributed by atoms with van der Waals surface area (Å²) in [5.74, 6) is -2.48. The summed E-state index contributed by atoms with van der Waals surface area (Å²) in [6, 6.07) is 0. The lowest BCUT2D eigenvalue weighted by Crippen LogP contribution is -2.45. The van der Waals surface area contributed by atoms with Gasteiger partial charge >= 0.3 is 11.7 Å². The lowest BCUT2D eigenvalue weighted by atomic mass is 9.73. The van der Waals surface area contributed by atoms with Crippen molar-refractivity contribution in [2.75, 3.05) is 0 Å². The van der Waals surface area contributed by atoms with E-state index in [1.807, 2.05) is 37.2 Å². The van der Waals surface area contributed by atoms with Gasteiger partial charge in [0, 0.05) is 23.9 Å². The molecule has 1 aliphatic heterocycles. The molecule has 12 heteroatoms. The van der Waals surface area contributed by atoms with Gasteiger partial charge in [-0.25, -0.2) is 9.78 Å². The largest absolute Gasteiger partial charge is 0.457 e. The van der Waals surface area contributed by atoms with Gasteiger partial charge in [-0.2, -0.15) is 4.39 Å². The summed E-state index contributed by atoms with van der Waals surface area (Å²) in [4.78, 5) is 54.5. The summed E-state index contributed by atoms with van der Waals surface area (Å²) in [5, 5.41) is 24.5. The maximum Gasteiger partial charge on any atom is 0.325 e. The van der Waals surface area contributed by atoms with E-state index in [-0.39, 0.29) is 18.1 Å². The van der Waals surface area contributed by atoms with Crippen molar-refractivity contribution in [2.45, 2.75) is 98.9 Å². The number of nitrogens with one attached hydrogen (secondary N) is 2. The third kappa shape index (κ3) is 10.8. The Bertz CT molecular complexity index is 1420. The highest BCUT2D eigenvalue weighted by Gasteiger charge is 2.42. The van der Waals surface area contributed by atoms with Gasteiger partial charge in [0.2, 0.25) is 5.82 Å². The lowest BCUT2D eigenvalue weighted by Gasteiger charge is -2.34. The second-order valence-corrected chi connectivity index (χ2v) is 12.9. The average molecular weight is 622 g/mol. The van der Waals surface area contributed by atoms with Gasteiger partial charge in [0.1, 0.15) is 11.9 Å². The number of aromatic amines is 2. The molecular weight excluding hydrogens is 577 g/mol. The number of esters is 1. The molecule has 2 aromatic rings. The SMILES string of the molecule is C/C1=C/C[C@@H](/C(C)=C/c2csc(C)n2)OC(=O)C[C@H](O)C(C)(C)C(=O)[C@H](C)[C@@H](O)[C@@H](C)CCC1.O=c1[nH]cc(F)c(=O)[nH]1. The minimum atomic E-state index is -1.21. The maximum atomic E-state index is 13.2. The summed E-state index contributed by atoms with van der Waals surface area (Å²) < 4.78 is 17.8. The van der Waals surface area contributed by atoms with Crippen molar-refractivity contribution in [2.24, 2.45) is 17.3 Å². The van der Waals surface area contributed by atoms with Crippen LogP contribution in [0.15, 0.2) is 38.4 Å². The summed E-state index contributed by atoms with van der Waals surface area (Å²) in [6.07, 6.45) is 5.04. The molecule has 2 aromatic heterocycles. The van der Waals surface area contributed by atoms with Crippen LogP contribution < -0.4 is 11.2 Å². The highest BCUT2D eigenvalue weighted by molar-refractivity contribution is 7.09. The second kappa shape index (κ2) is 16.0. The number of thiazole rings is 1. The molecule has 10 nitrogen and oxygen atoms in total. The average Bonchev–Trinajstić information content (AvgIpc) is 3.35. The van der Waals surface area contributed by atoms with Crippen molar-refractivity contribution >= 4 is 29.2 Å². The summed E-state index contributed by atoms with van der Waals surface area (Å²) in [6.45, 7) is 12.8. The number of hydrogen-bond acceptors (Lipinski definition) is 9. The van der Waals surface area contributed by atoms with Crippen molar-refractivity contribution in [3.63, 3.8) is 0 Å². The predicted octanol–water partition coefficient (Wildman–Crippen LogP) is 4.47. The molecule has 3 heterocycles. The molecule has 0 saturated heterocycles. The zero-order valence-corrected chi connectivity index (χ0v) is 26.7. The van der Waals surface area contributed by atoms with Crippen LogP contribution in [-0.4, -0.2) is 55.2 Å². The number of nitrogens with zero attached hydrogens (tertiary/aromatic N) is 1. The minimum Gasteiger partial charge on any atom is -0.457 e. The van der Waals surface area contributed by atoms with E-state index in [1.54, 1.807) is 37.1 Å². The standard InChI is InChI=1S/C27H41NO5S.C4H3FN2O2/c1-16-9-8-10-17(2)25(31)19(4)26(32)27(6,7)23(29)14-24(30)33-22(12-11-16)18(3)13-21-15-34-20(5)28-21;5-2-1-6-4(9)7-3(2)8/h11,13,15,17,19,22-23,25,29,31H,8-10,12,14H2,1-7H3;1H,(H2,6,7,8,9)/b16-11-,18-13+;/t17-,19+,22-,23-,25-;/m0./s1. The van der Waals surface area contributed by atoms with Crippen molar-refractivity contribution in [3.8, 4) is 0 Å². The number of ketones is 1. The van der Waals surface area contributed by atoms with Crippen LogP contribution in [0.4, 0.5) is 4.39 Å². The first-order chi connectivity index (χ1) is 20.0. The quantitative estimate of drug-likeness (QED) is 0.282. The Labute approximate surface area is 255 Å². The minimum absolute atomic E-state index is 0.0444. The first-order valence-electron chi connectivity index (χ1n) is 14.4. The monoisotopic (exact) mass is 621 g/mol. The number of Topliss-reactive ketones (excluding diaryl/α,β-unsaturated/α-hetero) is 1. The van der Waals surface area contributed by atoms with Crippen LogP contribution in [0, 0.1) is 30.0 Å². The van der Waals surface area contributed by atoms with Gasteiger partial charge in [-0.1, -0.05) is 39.3 Å². The van der Waals surface area contributed by atoms with Gasteiger partial charge in [0.25, 0.3) is 5.56 Å². The number of hydrogen-bond donors (Lipinski definition) is 4. The number of H-pyrrole nitrogens is 2. The van der Waals surface area contributed by atoms with E-state index in [4.69, 9.17) is 4.74 Å². The van der Waals surface area contributed by atoms with Crippen LogP contribution >= 0.6 is 11.3 Å². The zero-order chi connectivity index (χ0) is 32.5. The number of aliphatic hydroxyl groups excluding tert-OH is 2. The molecule has 0 aliphatic carbocycles. The number of ether oxygens (including phenoxy) is 1. The molecule has 0 saturated carbocycles. The van der Waals surface area contributed by atoms with Gasteiger partial charge in [-0.15, -0.1) is 11.3 Å². The van der Waals surface area contributed by atoms with Crippen LogP contribution in [0.3, 0.4) is 0 Å². The third-order valence-electron chi connectivity index (χ3n) is 7.82. The highest BCUT2D eigenvalue weighted by atomic mass is 32.1. The fraction of sp³-hybridized carbons (Fsp3) is 0.581. The van der Waals surface area contributed by atoms with E-state index >= 15 is 0 Å². The topological polar surface area (TPSA) is 162 Å². The molecule has 0 fully saturated rings. The first-order valence-corrected chi connectivity index (χ1v) is 15.2. The van der Waals surface area contributed by atoms with Crippen molar-refractivity contribution in [1.82, 2.24) is 15.0 Å². The molecular formula is C31H44FN3O7S. The Balaban J connectivity index is 0.000000609. The molecule has 0 bridgehead atoms. The van der Waals surface area contributed by atoms with Gasteiger partial charge in [-0.3, -0.25) is 19.4 Å². The van der Waals surface area contributed by atoms with E-state index in [0.29, 0.717) is 12.6 Å². The highest BCUT2D eigenvalue weighted by Crippen LogP contribution is 2.32. The number of rotatable bonds is 2. The maximum absolute atomic E-state index is 13.2. The Kier molecular flexibility index (Phi) is 13.4. The molecule has 5 atom stereocenters. The van der Waals surface area contributed by atoms with E-state index in [9.17, 15) is 33.8 Å². The fourth-order valence-corrected chi connectivity index (χ4v) is 5.37. The van der Waals surface area contributed by atoms with Crippen LogP contribution in [0.5, 0.6) is 0 Å². The van der Waals surface area contributed by atoms with Crippen molar-refractivity contribution in [3.05, 3.63) is 66.2 Å². The molecule has 3 rings (SSSR count). The van der Waals surface area contributed by atoms with E-state index in [2.05, 4.69) is 18.0 Å². The van der Waals surface area contributed by atoms with Gasteiger partial charge in [-0.05, 0) is 57.6 Å². The van der Waals surface area contributed by atoms with Crippen LogP contribution in [0.1, 0.15) is 84.3 Å². The Morgan fingerprint density at radius 1 is 1.19 bits per heavy atom. The fourth-order valence-electron chi connectivity index (χ4n) is 4.80. The number of aromatic nitrogens is 3. The van der Waals surface area contributed by atoms with Gasteiger partial charge in [0.05, 0.1) is 34.7 Å². The van der Waals surface area contributed by atoms with Crippen molar-refractivity contribution in [1.29, 1.82) is 0 Å². The zero-order valence-electron chi connectivity index (χ0n) is 25.9. The molecule has 4 N–H and O–H groups in total. The van der Waals surface area contributed by atoms with E-state index in [1.165, 1.54) is 5.57 Å². The lowest BCUT2D eigenvalue weighted by molar-refractivity contribution is -0.154. The molecule has 0 amide bonds. The smallest absolute Gasteiger partial charge is 0.325 e. The Hall–Kier alpha value is -3.22. The summed E-state index contributed by atoms with van der Waals surface area (Å²) in [7, 11) is 0. The molecule has 238 valence electrons. The molecule has 0 spiro atoms. The molecule has 0 unspecified atom stereocenters. The van der Waals surface area contributed by atoms with Crippen LogP contribution in [-0.2, 0) is 14.3 Å². The number of carbonyl (C=O) groups excluding carboxylic acids is 2. The number of allylic oxidation sites excluding steroid dienone is 1. The third-order valence-corrected chi connectivity index (χ3v) is 8.61. The van der Waals surface area contributed by atoms with Crippen molar-refractivity contribution < 1.29 is 28.9 Å². The van der Waals surface area contributed by atoms with Gasteiger partial charge < -0.3 is 19.9 Å². The first kappa shape index (κ1) is 36.0. The number of aliphatic hydroxyl groups is 2. The second-order valence-electron chi connectivity index (χ2n) is 11.8. The number of halogens is 1. The number of cyclic esters (lactones) is 1. The molecule has 43 heavy (non-hydrogen) atoms. The Morgan fingerprint density at radius 2 is 1.86 bits per heavy atom. The summed E-state index contributed by atoms with van der Waals surface area (Å²) in [5.41, 5.74) is -0.000602. The normalized spacial score (nSPS) is 27.3. The van der Waals surface area contributed by atoms with E-state index < -0.39 is 52.7 Å². The summed E-state index contributed by atoms with van der Waals surface area (Å²) >= 11 is 1.56. The predicted molar refractivity (Wildman–Crippen MR) is 164 cm³/mol. The molecule has 0 aromatic carbocycles. The van der Waals surface area contributed by atoms with Gasteiger partial charge in [0.15, 0.2) is 0 Å². The Morgan fingerprint density at radius 3 is 2.44 bits per heavy atom.